The number of hydrogen-bond donors (Lipinski definition) is 2. The van der Waals surface area contributed by atoms with Crippen LogP contribution in [0.3, 0.4) is 0 Å². The molecule has 0 aliphatic heterocycles. The van der Waals surface area contributed by atoms with Crippen molar-refractivity contribution in [3.8, 4) is 0 Å². The molecule has 0 heterocycles. The summed E-state index contributed by atoms with van der Waals surface area (Å²) in [6.07, 6.45) is 16.5. The van der Waals surface area contributed by atoms with Gasteiger partial charge in [-0.1, -0.05) is 64.2 Å². The largest absolute Gasteiger partial charge is 0.354 e. The van der Waals surface area contributed by atoms with Crippen LogP contribution >= 0.6 is 0 Å². The Labute approximate surface area is 153 Å². The smallest absolute Gasteiger partial charge is 0.220 e. The minimum Gasteiger partial charge on any atom is -0.354 e. The van der Waals surface area contributed by atoms with Crippen LogP contribution in [0.4, 0.5) is 0 Å². The molecule has 0 bridgehead atoms. The molecular formula is C21H38N2O2. The molecule has 2 fully saturated rings. The second-order valence-corrected chi connectivity index (χ2v) is 8.36. The van der Waals surface area contributed by atoms with E-state index in [1.54, 1.807) is 0 Å². The van der Waals surface area contributed by atoms with Gasteiger partial charge in [0.05, 0.1) is 0 Å². The molecular weight excluding hydrogens is 312 g/mol. The predicted octanol–water partition coefficient (Wildman–Crippen LogP) is 4.33. The Kier molecular flexibility index (Phi) is 9.35. The van der Waals surface area contributed by atoms with Gasteiger partial charge in [-0.3, -0.25) is 9.59 Å². The van der Waals surface area contributed by atoms with E-state index in [2.05, 4.69) is 10.6 Å². The Balaban J connectivity index is 1.50. The summed E-state index contributed by atoms with van der Waals surface area (Å²) in [6.45, 7) is 2.51. The maximum absolute atomic E-state index is 12.0. The van der Waals surface area contributed by atoms with Gasteiger partial charge >= 0.3 is 0 Å². The first-order valence-corrected chi connectivity index (χ1v) is 10.7. The lowest BCUT2D eigenvalue weighted by molar-refractivity contribution is -0.123. The van der Waals surface area contributed by atoms with Crippen molar-refractivity contribution in [2.45, 2.75) is 103 Å². The van der Waals surface area contributed by atoms with Crippen molar-refractivity contribution in [3.05, 3.63) is 0 Å². The molecule has 2 N–H and O–H groups in total. The molecule has 2 rings (SSSR count). The number of amides is 2. The summed E-state index contributed by atoms with van der Waals surface area (Å²) in [5, 5.41) is 6.01. The van der Waals surface area contributed by atoms with E-state index in [1.807, 2.05) is 6.92 Å². The Morgan fingerprint density at radius 3 is 1.80 bits per heavy atom. The quantitative estimate of drug-likeness (QED) is 0.650. The molecule has 0 spiro atoms. The van der Waals surface area contributed by atoms with E-state index < -0.39 is 0 Å². The first-order valence-electron chi connectivity index (χ1n) is 10.7. The highest BCUT2D eigenvalue weighted by Gasteiger charge is 2.17. The second-order valence-electron chi connectivity index (χ2n) is 8.36. The average molecular weight is 351 g/mol. The number of carbonyl (C=O) groups excluding carboxylic acids is 2. The van der Waals surface area contributed by atoms with Crippen molar-refractivity contribution in [3.63, 3.8) is 0 Å². The molecule has 2 saturated carbocycles. The van der Waals surface area contributed by atoms with Gasteiger partial charge in [-0.05, 0) is 31.6 Å². The van der Waals surface area contributed by atoms with Crippen molar-refractivity contribution >= 4 is 11.8 Å². The van der Waals surface area contributed by atoms with E-state index in [-0.39, 0.29) is 17.9 Å². The maximum atomic E-state index is 12.0. The summed E-state index contributed by atoms with van der Waals surface area (Å²) < 4.78 is 0. The topological polar surface area (TPSA) is 58.2 Å². The van der Waals surface area contributed by atoms with Gasteiger partial charge in [-0.25, -0.2) is 0 Å². The van der Waals surface area contributed by atoms with Crippen LogP contribution in [-0.4, -0.2) is 24.4 Å². The van der Waals surface area contributed by atoms with E-state index >= 15 is 0 Å². The molecule has 1 atom stereocenters. The van der Waals surface area contributed by atoms with Crippen LogP contribution in [0.5, 0.6) is 0 Å². The summed E-state index contributed by atoms with van der Waals surface area (Å²) in [6, 6.07) is 0.0116. The van der Waals surface area contributed by atoms with Crippen LogP contribution in [0.1, 0.15) is 96.8 Å². The fourth-order valence-electron chi connectivity index (χ4n) is 4.38. The van der Waals surface area contributed by atoms with Gasteiger partial charge in [-0.2, -0.15) is 0 Å². The number of carbonyl (C=O) groups is 2. The first kappa shape index (κ1) is 20.3. The van der Waals surface area contributed by atoms with Gasteiger partial charge in [-0.15, -0.1) is 0 Å². The molecule has 2 aliphatic carbocycles. The van der Waals surface area contributed by atoms with Gasteiger partial charge in [0.25, 0.3) is 0 Å². The number of rotatable bonds is 9. The minimum atomic E-state index is 0.0116. The fourth-order valence-corrected chi connectivity index (χ4v) is 4.38. The lowest BCUT2D eigenvalue weighted by atomic mass is 9.86. The highest BCUT2D eigenvalue weighted by molar-refractivity contribution is 5.77. The second kappa shape index (κ2) is 11.5. The van der Waals surface area contributed by atoms with Gasteiger partial charge in [0.2, 0.25) is 11.8 Å². The van der Waals surface area contributed by atoms with Crippen LogP contribution in [-0.2, 0) is 9.59 Å². The highest BCUT2D eigenvalue weighted by atomic mass is 16.2. The van der Waals surface area contributed by atoms with Crippen molar-refractivity contribution in [1.29, 1.82) is 0 Å². The van der Waals surface area contributed by atoms with Gasteiger partial charge in [0.15, 0.2) is 0 Å². The summed E-state index contributed by atoms with van der Waals surface area (Å²) in [5.74, 6) is 1.76. The highest BCUT2D eigenvalue weighted by Crippen LogP contribution is 2.27. The summed E-state index contributed by atoms with van der Waals surface area (Å²) in [5.41, 5.74) is 0. The molecule has 144 valence electrons. The first-order chi connectivity index (χ1) is 12.1. The zero-order valence-corrected chi connectivity index (χ0v) is 16.2. The van der Waals surface area contributed by atoms with Gasteiger partial charge in [0, 0.05) is 25.4 Å². The zero-order valence-electron chi connectivity index (χ0n) is 16.2. The van der Waals surface area contributed by atoms with Crippen LogP contribution in [0.15, 0.2) is 0 Å². The lowest BCUT2D eigenvalue weighted by Crippen LogP contribution is -2.41. The summed E-state index contributed by atoms with van der Waals surface area (Å²) in [7, 11) is 0. The van der Waals surface area contributed by atoms with E-state index in [0.29, 0.717) is 19.4 Å². The molecule has 4 nitrogen and oxygen atoms in total. The molecule has 2 amide bonds. The Bertz CT molecular complexity index is 399. The lowest BCUT2D eigenvalue weighted by Gasteiger charge is -2.22. The number of nitrogens with one attached hydrogen (secondary N) is 2. The normalized spacial score (nSPS) is 20.8. The molecule has 2 aliphatic rings. The van der Waals surface area contributed by atoms with Crippen LogP contribution in [0.25, 0.3) is 0 Å². The van der Waals surface area contributed by atoms with Crippen LogP contribution < -0.4 is 10.6 Å². The molecule has 0 unspecified atom stereocenters. The van der Waals surface area contributed by atoms with Gasteiger partial charge in [0.1, 0.15) is 0 Å². The van der Waals surface area contributed by atoms with E-state index in [1.165, 1.54) is 64.2 Å². The molecule has 0 saturated heterocycles. The molecule has 0 radical (unpaired) electrons. The number of hydrogen-bond acceptors (Lipinski definition) is 2. The monoisotopic (exact) mass is 350 g/mol. The third-order valence-corrected chi connectivity index (χ3v) is 6.02. The van der Waals surface area contributed by atoms with Gasteiger partial charge < -0.3 is 10.6 Å². The van der Waals surface area contributed by atoms with Crippen molar-refractivity contribution in [2.75, 3.05) is 6.54 Å². The molecule has 0 aromatic carbocycles. The van der Waals surface area contributed by atoms with Crippen molar-refractivity contribution < 1.29 is 9.59 Å². The molecule has 0 aromatic heterocycles. The zero-order chi connectivity index (χ0) is 17.9. The van der Waals surface area contributed by atoms with E-state index in [0.717, 1.165) is 24.7 Å². The van der Waals surface area contributed by atoms with Crippen molar-refractivity contribution in [2.24, 2.45) is 11.8 Å². The standard InChI is InChI=1S/C21H38N2O2/c1-17(23-21(25)15-13-19-10-6-3-7-11-19)16-22-20(24)14-12-18-8-4-2-5-9-18/h17-19H,2-16H2,1H3,(H,22,24)(H,23,25)/t17-/m0/s1. The SMILES string of the molecule is C[C@@H](CNC(=O)CCC1CCCCC1)NC(=O)CCC1CCCCC1. The van der Waals surface area contributed by atoms with Crippen LogP contribution in [0.2, 0.25) is 0 Å². The minimum absolute atomic E-state index is 0.0116. The average Bonchev–Trinajstić information content (AvgIpc) is 2.65. The molecule has 25 heavy (non-hydrogen) atoms. The van der Waals surface area contributed by atoms with E-state index in [4.69, 9.17) is 0 Å². The third-order valence-electron chi connectivity index (χ3n) is 6.02. The Morgan fingerprint density at radius 1 is 0.800 bits per heavy atom. The summed E-state index contributed by atoms with van der Waals surface area (Å²) >= 11 is 0. The third kappa shape index (κ3) is 8.73. The maximum Gasteiger partial charge on any atom is 0.220 e. The molecule has 4 heteroatoms. The van der Waals surface area contributed by atoms with Crippen LogP contribution in [0, 0.1) is 11.8 Å². The predicted molar refractivity (Wildman–Crippen MR) is 102 cm³/mol. The van der Waals surface area contributed by atoms with E-state index in [9.17, 15) is 9.59 Å². The fraction of sp³-hybridized carbons (Fsp3) is 0.905. The summed E-state index contributed by atoms with van der Waals surface area (Å²) in [4.78, 5) is 24.0. The Hall–Kier alpha value is -1.06. The Morgan fingerprint density at radius 2 is 1.28 bits per heavy atom. The van der Waals surface area contributed by atoms with Crippen molar-refractivity contribution in [1.82, 2.24) is 10.6 Å². The molecule has 0 aromatic rings.